The molecule has 0 saturated carbocycles. The van der Waals surface area contributed by atoms with Gasteiger partial charge in [0, 0.05) is 10.9 Å². The molecule has 0 unspecified atom stereocenters. The molecule has 0 radical (unpaired) electrons. The van der Waals surface area contributed by atoms with Crippen molar-refractivity contribution in [1.82, 2.24) is 4.98 Å². The van der Waals surface area contributed by atoms with E-state index >= 15 is 0 Å². The number of thiazole rings is 1. The molecule has 0 aliphatic rings. The second-order valence-electron chi connectivity index (χ2n) is 2.77. The van der Waals surface area contributed by atoms with Gasteiger partial charge < -0.3 is 5.73 Å². The Kier molecular flexibility index (Phi) is 2.17. The molecule has 0 aliphatic carbocycles. The number of nitriles is 1. The van der Waals surface area contributed by atoms with E-state index in [1.807, 2.05) is 12.1 Å². The van der Waals surface area contributed by atoms with Gasteiger partial charge in [0.25, 0.3) is 0 Å². The molecular weight excluding hydrogens is 194 g/mol. The van der Waals surface area contributed by atoms with E-state index in [1.54, 1.807) is 17.5 Å². The molecule has 0 saturated heterocycles. The fraction of sp³-hybridized carbons (Fsp3) is 0. The van der Waals surface area contributed by atoms with E-state index in [-0.39, 0.29) is 0 Å². The first kappa shape index (κ1) is 8.73. The maximum Gasteiger partial charge on any atom is 0.135 e. The molecule has 0 spiro atoms. The number of anilines is 1. The molecule has 68 valence electrons. The van der Waals surface area contributed by atoms with E-state index in [0.717, 1.165) is 10.6 Å². The van der Waals surface area contributed by atoms with Crippen molar-refractivity contribution in [3.63, 3.8) is 0 Å². The molecular formula is C10H7N3S. The lowest BCUT2D eigenvalue weighted by molar-refractivity contribution is 1.41. The van der Waals surface area contributed by atoms with Crippen LogP contribution in [0.25, 0.3) is 10.6 Å². The van der Waals surface area contributed by atoms with Crippen molar-refractivity contribution in [2.45, 2.75) is 0 Å². The van der Waals surface area contributed by atoms with E-state index < -0.39 is 0 Å². The van der Waals surface area contributed by atoms with Gasteiger partial charge in [-0.25, -0.2) is 4.98 Å². The summed E-state index contributed by atoms with van der Waals surface area (Å²) in [7, 11) is 0. The van der Waals surface area contributed by atoms with Crippen molar-refractivity contribution >= 4 is 17.2 Å². The molecule has 4 heteroatoms. The molecule has 3 nitrogen and oxygen atoms in total. The van der Waals surface area contributed by atoms with Gasteiger partial charge in [-0.2, -0.15) is 5.26 Å². The fourth-order valence-electron chi connectivity index (χ4n) is 1.14. The smallest absolute Gasteiger partial charge is 0.135 e. The second kappa shape index (κ2) is 3.48. The molecule has 0 fully saturated rings. The molecule has 0 bridgehead atoms. The number of nitrogen functional groups attached to an aromatic ring is 1. The van der Waals surface area contributed by atoms with E-state index in [4.69, 9.17) is 11.0 Å². The molecule has 0 aliphatic heterocycles. The SMILES string of the molecule is N#Cc1cccc(-c2nc(N)cs2)c1. The predicted octanol–water partition coefficient (Wildman–Crippen LogP) is 2.26. The van der Waals surface area contributed by atoms with Crippen LogP contribution in [0.15, 0.2) is 29.6 Å². The lowest BCUT2D eigenvalue weighted by atomic mass is 10.1. The zero-order valence-electron chi connectivity index (χ0n) is 7.27. The first-order valence-corrected chi connectivity index (χ1v) is 4.89. The topological polar surface area (TPSA) is 62.7 Å². The van der Waals surface area contributed by atoms with Gasteiger partial charge in [0.1, 0.15) is 10.8 Å². The predicted molar refractivity (Wildman–Crippen MR) is 56.7 cm³/mol. The van der Waals surface area contributed by atoms with Crippen LogP contribution in [0.5, 0.6) is 0 Å². The Bertz CT molecular complexity index is 496. The number of rotatable bonds is 1. The van der Waals surface area contributed by atoms with E-state index in [2.05, 4.69) is 11.1 Å². The Hall–Kier alpha value is -1.86. The molecule has 2 aromatic rings. The van der Waals surface area contributed by atoms with Gasteiger partial charge in [-0.15, -0.1) is 11.3 Å². The summed E-state index contributed by atoms with van der Waals surface area (Å²) in [6, 6.07) is 9.41. The molecule has 0 atom stereocenters. The summed E-state index contributed by atoms with van der Waals surface area (Å²) in [5.74, 6) is 0.521. The fourth-order valence-corrected chi connectivity index (χ4v) is 1.85. The molecule has 0 amide bonds. The van der Waals surface area contributed by atoms with Crippen molar-refractivity contribution in [3.05, 3.63) is 35.2 Å². The normalized spacial score (nSPS) is 9.64. The highest BCUT2D eigenvalue weighted by molar-refractivity contribution is 7.13. The number of hydrogen-bond acceptors (Lipinski definition) is 4. The van der Waals surface area contributed by atoms with E-state index in [9.17, 15) is 0 Å². The Balaban J connectivity index is 2.47. The Labute approximate surface area is 85.4 Å². The van der Waals surface area contributed by atoms with Crippen LogP contribution in [0.3, 0.4) is 0 Å². The summed E-state index contributed by atoms with van der Waals surface area (Å²) in [6.07, 6.45) is 0. The Morgan fingerprint density at radius 3 is 2.93 bits per heavy atom. The Morgan fingerprint density at radius 1 is 1.43 bits per heavy atom. The minimum Gasteiger partial charge on any atom is -0.383 e. The van der Waals surface area contributed by atoms with Crippen LogP contribution in [0.2, 0.25) is 0 Å². The van der Waals surface area contributed by atoms with Crippen LogP contribution in [0.1, 0.15) is 5.56 Å². The van der Waals surface area contributed by atoms with Crippen molar-refractivity contribution in [1.29, 1.82) is 5.26 Å². The average molecular weight is 201 g/mol. The van der Waals surface area contributed by atoms with Crippen molar-refractivity contribution in [2.75, 3.05) is 5.73 Å². The maximum atomic E-state index is 8.72. The van der Waals surface area contributed by atoms with Gasteiger partial charge in [0.15, 0.2) is 0 Å². The zero-order chi connectivity index (χ0) is 9.97. The zero-order valence-corrected chi connectivity index (χ0v) is 8.08. The largest absolute Gasteiger partial charge is 0.383 e. The number of aromatic nitrogens is 1. The highest BCUT2D eigenvalue weighted by Crippen LogP contribution is 2.24. The Morgan fingerprint density at radius 2 is 2.29 bits per heavy atom. The summed E-state index contributed by atoms with van der Waals surface area (Å²) in [5.41, 5.74) is 7.09. The summed E-state index contributed by atoms with van der Waals surface area (Å²) < 4.78 is 0. The van der Waals surface area contributed by atoms with Crippen LogP contribution < -0.4 is 5.73 Å². The van der Waals surface area contributed by atoms with Crippen LogP contribution in [-0.4, -0.2) is 4.98 Å². The third kappa shape index (κ3) is 1.58. The van der Waals surface area contributed by atoms with Crippen LogP contribution >= 0.6 is 11.3 Å². The number of hydrogen-bond donors (Lipinski definition) is 1. The second-order valence-corrected chi connectivity index (χ2v) is 3.63. The van der Waals surface area contributed by atoms with Crippen LogP contribution in [0.4, 0.5) is 5.82 Å². The first-order chi connectivity index (χ1) is 6.79. The molecule has 2 rings (SSSR count). The highest BCUT2D eigenvalue weighted by atomic mass is 32.1. The van der Waals surface area contributed by atoms with E-state index in [0.29, 0.717) is 11.4 Å². The third-order valence-electron chi connectivity index (χ3n) is 1.76. The standard InChI is InChI=1S/C10H7N3S/c11-5-7-2-1-3-8(4-7)10-13-9(12)6-14-10/h1-4,6H,12H2. The summed E-state index contributed by atoms with van der Waals surface area (Å²) in [4.78, 5) is 4.14. The van der Waals surface area contributed by atoms with E-state index in [1.165, 1.54) is 11.3 Å². The monoisotopic (exact) mass is 201 g/mol. The summed E-state index contributed by atoms with van der Waals surface area (Å²) >= 11 is 1.48. The summed E-state index contributed by atoms with van der Waals surface area (Å²) in [6.45, 7) is 0. The number of nitrogens with two attached hydrogens (primary N) is 1. The van der Waals surface area contributed by atoms with Gasteiger partial charge in [0.2, 0.25) is 0 Å². The molecule has 2 N–H and O–H groups in total. The molecule has 14 heavy (non-hydrogen) atoms. The van der Waals surface area contributed by atoms with Crippen LogP contribution in [-0.2, 0) is 0 Å². The quantitative estimate of drug-likeness (QED) is 0.769. The molecule has 1 aromatic carbocycles. The lowest BCUT2D eigenvalue weighted by Crippen LogP contribution is -1.83. The van der Waals surface area contributed by atoms with Crippen molar-refractivity contribution in [3.8, 4) is 16.6 Å². The van der Waals surface area contributed by atoms with Gasteiger partial charge in [-0.3, -0.25) is 0 Å². The van der Waals surface area contributed by atoms with Gasteiger partial charge in [-0.1, -0.05) is 12.1 Å². The van der Waals surface area contributed by atoms with Gasteiger partial charge in [-0.05, 0) is 12.1 Å². The van der Waals surface area contributed by atoms with Crippen molar-refractivity contribution in [2.24, 2.45) is 0 Å². The third-order valence-corrected chi connectivity index (χ3v) is 2.67. The number of nitrogens with zero attached hydrogens (tertiary/aromatic N) is 2. The lowest BCUT2D eigenvalue weighted by Gasteiger charge is -1.95. The van der Waals surface area contributed by atoms with Crippen molar-refractivity contribution < 1.29 is 0 Å². The minimum atomic E-state index is 0.521. The maximum absolute atomic E-state index is 8.72. The van der Waals surface area contributed by atoms with Gasteiger partial charge >= 0.3 is 0 Å². The number of benzene rings is 1. The average Bonchev–Trinajstić information content (AvgIpc) is 2.65. The molecule has 1 aromatic heterocycles. The minimum absolute atomic E-state index is 0.521. The van der Waals surface area contributed by atoms with Gasteiger partial charge in [0.05, 0.1) is 11.6 Å². The van der Waals surface area contributed by atoms with Crippen LogP contribution in [0, 0.1) is 11.3 Å². The first-order valence-electron chi connectivity index (χ1n) is 4.01. The summed E-state index contributed by atoms with van der Waals surface area (Å²) in [5, 5.41) is 11.4. The highest BCUT2D eigenvalue weighted by Gasteiger charge is 2.02. The molecule has 1 heterocycles.